The van der Waals surface area contributed by atoms with Crippen molar-refractivity contribution in [2.45, 2.75) is 39.2 Å². The highest BCUT2D eigenvalue weighted by atomic mass is 35.5. The largest absolute Gasteiger partial charge is 0.390 e. The van der Waals surface area contributed by atoms with Gasteiger partial charge in [-0.1, -0.05) is 25.4 Å². The Bertz CT molecular complexity index is 353. The molecule has 1 aromatic heterocycles. The summed E-state index contributed by atoms with van der Waals surface area (Å²) in [6.07, 6.45) is 1.71. The Morgan fingerprint density at radius 3 is 2.71 bits per heavy atom. The maximum atomic E-state index is 9.84. The quantitative estimate of drug-likeness (QED) is 0.763. The molecule has 4 nitrogen and oxygen atoms in total. The second-order valence-electron chi connectivity index (χ2n) is 4.12. The molecule has 17 heavy (non-hydrogen) atoms. The molecule has 1 atom stereocenters. The number of aryl methyl sites for hydroxylation is 2. The molecule has 0 radical (unpaired) electrons. The summed E-state index contributed by atoms with van der Waals surface area (Å²) in [5, 5.41) is 14.8. The molecule has 0 spiro atoms. The third-order valence-electron chi connectivity index (χ3n) is 2.59. The van der Waals surface area contributed by atoms with Gasteiger partial charge in [-0.25, -0.2) is 0 Å². The summed E-state index contributed by atoms with van der Waals surface area (Å²) in [6.45, 7) is 5.07. The average Bonchev–Trinajstić information content (AvgIpc) is 2.57. The van der Waals surface area contributed by atoms with Crippen LogP contribution in [0.25, 0.3) is 0 Å². The molecule has 1 rings (SSSR count). The number of aromatic nitrogens is 2. The van der Waals surface area contributed by atoms with E-state index in [1.54, 1.807) is 4.68 Å². The number of ether oxygens (including phenoxy) is 1. The van der Waals surface area contributed by atoms with Crippen molar-refractivity contribution in [1.29, 1.82) is 0 Å². The summed E-state index contributed by atoms with van der Waals surface area (Å²) in [5.74, 6) is 0. The van der Waals surface area contributed by atoms with Crippen LogP contribution < -0.4 is 0 Å². The van der Waals surface area contributed by atoms with Crippen LogP contribution in [0.3, 0.4) is 0 Å². The Kier molecular flexibility index (Phi) is 5.95. The molecule has 0 aliphatic carbocycles. The maximum absolute atomic E-state index is 9.84. The van der Waals surface area contributed by atoms with Crippen molar-refractivity contribution in [3.63, 3.8) is 0 Å². The van der Waals surface area contributed by atoms with E-state index < -0.39 is 6.10 Å². The molecule has 0 saturated heterocycles. The van der Waals surface area contributed by atoms with Crippen molar-refractivity contribution in [1.82, 2.24) is 9.78 Å². The number of hydrogen-bond donors (Lipinski definition) is 1. The minimum atomic E-state index is -0.529. The van der Waals surface area contributed by atoms with Crippen LogP contribution in [0.15, 0.2) is 0 Å². The van der Waals surface area contributed by atoms with Gasteiger partial charge < -0.3 is 9.84 Å². The van der Waals surface area contributed by atoms with Gasteiger partial charge in [0, 0.05) is 20.1 Å². The van der Waals surface area contributed by atoms with E-state index in [1.807, 2.05) is 20.9 Å². The molecule has 0 amide bonds. The highest BCUT2D eigenvalue weighted by Gasteiger charge is 2.16. The van der Waals surface area contributed by atoms with Gasteiger partial charge in [0.25, 0.3) is 0 Å². The van der Waals surface area contributed by atoms with Crippen molar-refractivity contribution in [3.05, 3.63) is 16.4 Å². The Morgan fingerprint density at radius 2 is 2.18 bits per heavy atom. The zero-order valence-electron chi connectivity index (χ0n) is 10.7. The zero-order chi connectivity index (χ0) is 12.8. The molecule has 5 heteroatoms. The molecular formula is C12H21ClN2O2. The molecular weight excluding hydrogens is 240 g/mol. The van der Waals surface area contributed by atoms with Gasteiger partial charge in [0.15, 0.2) is 0 Å². The van der Waals surface area contributed by atoms with Crippen molar-refractivity contribution in [2.75, 3.05) is 13.2 Å². The monoisotopic (exact) mass is 260 g/mol. The molecule has 0 aliphatic heterocycles. The molecule has 0 fully saturated rings. The molecule has 1 heterocycles. The Balaban J connectivity index is 2.58. The lowest BCUT2D eigenvalue weighted by atomic mass is 10.2. The summed E-state index contributed by atoms with van der Waals surface area (Å²) in [4.78, 5) is 0. The summed E-state index contributed by atoms with van der Waals surface area (Å²) >= 11 is 6.20. The fraction of sp³-hybridized carbons (Fsp3) is 0.750. The number of aliphatic hydroxyl groups is 1. The SMILES string of the molecule is CCCOCC(O)Cc1c(Cl)c(CC)nn1C. The van der Waals surface area contributed by atoms with Crippen LogP contribution in [0.4, 0.5) is 0 Å². The minimum absolute atomic E-state index is 0.344. The Hall–Kier alpha value is -0.580. The number of nitrogens with zero attached hydrogens (tertiary/aromatic N) is 2. The molecule has 0 saturated carbocycles. The first kappa shape index (κ1) is 14.5. The first-order chi connectivity index (χ1) is 8.10. The van der Waals surface area contributed by atoms with Gasteiger partial charge in [0.05, 0.1) is 29.1 Å². The molecule has 0 aliphatic rings. The van der Waals surface area contributed by atoms with Crippen molar-refractivity contribution in [3.8, 4) is 0 Å². The van der Waals surface area contributed by atoms with Gasteiger partial charge in [-0.05, 0) is 12.8 Å². The fourth-order valence-corrected chi connectivity index (χ4v) is 2.06. The van der Waals surface area contributed by atoms with Crippen LogP contribution in [0.1, 0.15) is 31.7 Å². The lowest BCUT2D eigenvalue weighted by molar-refractivity contribution is 0.0365. The summed E-state index contributed by atoms with van der Waals surface area (Å²) in [7, 11) is 1.85. The summed E-state index contributed by atoms with van der Waals surface area (Å²) < 4.78 is 7.05. The molecule has 1 aromatic rings. The molecule has 1 unspecified atom stereocenters. The van der Waals surface area contributed by atoms with Crippen LogP contribution in [0.2, 0.25) is 5.02 Å². The number of halogens is 1. The van der Waals surface area contributed by atoms with Crippen molar-refractivity contribution < 1.29 is 9.84 Å². The van der Waals surface area contributed by atoms with E-state index in [2.05, 4.69) is 5.10 Å². The number of aliphatic hydroxyl groups excluding tert-OH is 1. The van der Waals surface area contributed by atoms with Crippen LogP contribution in [-0.2, 0) is 24.6 Å². The van der Waals surface area contributed by atoms with E-state index in [0.717, 1.165) is 24.2 Å². The normalized spacial score (nSPS) is 13.0. The topological polar surface area (TPSA) is 47.3 Å². The van der Waals surface area contributed by atoms with E-state index in [1.165, 1.54) is 0 Å². The predicted octanol–water partition coefficient (Wildman–Crippen LogP) is 1.97. The Morgan fingerprint density at radius 1 is 1.47 bits per heavy atom. The van der Waals surface area contributed by atoms with Crippen LogP contribution in [0.5, 0.6) is 0 Å². The predicted molar refractivity (Wildman–Crippen MR) is 68.4 cm³/mol. The molecule has 0 aromatic carbocycles. The highest BCUT2D eigenvalue weighted by molar-refractivity contribution is 6.31. The van der Waals surface area contributed by atoms with Gasteiger partial charge in [0.2, 0.25) is 0 Å². The molecule has 98 valence electrons. The smallest absolute Gasteiger partial charge is 0.0850 e. The summed E-state index contributed by atoms with van der Waals surface area (Å²) in [5.41, 5.74) is 1.75. The van der Waals surface area contributed by atoms with Crippen LogP contribution in [-0.4, -0.2) is 34.2 Å². The third kappa shape index (κ3) is 3.98. The number of hydrogen-bond acceptors (Lipinski definition) is 3. The van der Waals surface area contributed by atoms with Gasteiger partial charge in [-0.3, -0.25) is 4.68 Å². The van der Waals surface area contributed by atoms with E-state index in [0.29, 0.717) is 24.7 Å². The van der Waals surface area contributed by atoms with Gasteiger partial charge >= 0.3 is 0 Å². The van der Waals surface area contributed by atoms with E-state index >= 15 is 0 Å². The lowest BCUT2D eigenvalue weighted by Gasteiger charge is -2.11. The van der Waals surface area contributed by atoms with Gasteiger partial charge in [-0.2, -0.15) is 5.10 Å². The van der Waals surface area contributed by atoms with Crippen molar-refractivity contribution in [2.24, 2.45) is 7.05 Å². The maximum Gasteiger partial charge on any atom is 0.0850 e. The standard InChI is InChI=1S/C12H21ClN2O2/c1-4-6-17-8-9(16)7-11-12(13)10(5-2)14-15(11)3/h9,16H,4-8H2,1-3H3. The Labute approximate surface area is 108 Å². The zero-order valence-corrected chi connectivity index (χ0v) is 11.5. The van der Waals surface area contributed by atoms with Gasteiger partial charge in [0.1, 0.15) is 0 Å². The molecule has 1 N–H and O–H groups in total. The average molecular weight is 261 g/mol. The van der Waals surface area contributed by atoms with Crippen LogP contribution in [0, 0.1) is 0 Å². The van der Waals surface area contributed by atoms with Crippen molar-refractivity contribution >= 4 is 11.6 Å². The fourth-order valence-electron chi connectivity index (χ4n) is 1.69. The minimum Gasteiger partial charge on any atom is -0.390 e. The van der Waals surface area contributed by atoms with E-state index in [-0.39, 0.29) is 0 Å². The third-order valence-corrected chi connectivity index (χ3v) is 3.03. The summed E-state index contributed by atoms with van der Waals surface area (Å²) in [6, 6.07) is 0. The van der Waals surface area contributed by atoms with Gasteiger partial charge in [-0.15, -0.1) is 0 Å². The first-order valence-electron chi connectivity index (χ1n) is 6.06. The molecule has 0 bridgehead atoms. The second-order valence-corrected chi connectivity index (χ2v) is 4.50. The highest BCUT2D eigenvalue weighted by Crippen LogP contribution is 2.22. The van der Waals surface area contributed by atoms with Crippen LogP contribution >= 0.6 is 11.6 Å². The first-order valence-corrected chi connectivity index (χ1v) is 6.43. The van der Waals surface area contributed by atoms with E-state index in [4.69, 9.17) is 16.3 Å². The van der Waals surface area contributed by atoms with E-state index in [9.17, 15) is 5.11 Å². The second kappa shape index (κ2) is 6.99. The lowest BCUT2D eigenvalue weighted by Crippen LogP contribution is -2.20. The number of rotatable bonds is 7.